The Balaban J connectivity index is 0. The van der Waals surface area contributed by atoms with Crippen LogP contribution in [0.3, 0.4) is 0 Å². The zero-order valence-corrected chi connectivity index (χ0v) is 11.2. The minimum Gasteiger partial charge on any atom is -0.250 e. The Morgan fingerprint density at radius 3 is 2.18 bits per heavy atom. The maximum absolute atomic E-state index is 4.14. The van der Waals surface area contributed by atoms with E-state index in [0.29, 0.717) is 0 Å². The first kappa shape index (κ1) is 18.0. The van der Waals surface area contributed by atoms with Crippen LogP contribution in [0.25, 0.3) is 11.0 Å². The summed E-state index contributed by atoms with van der Waals surface area (Å²) in [5, 5.41) is 5.14. The van der Waals surface area contributed by atoms with E-state index in [9.17, 15) is 0 Å². The fourth-order valence-corrected chi connectivity index (χ4v) is 0.984. The highest BCUT2D eigenvalue weighted by Gasteiger charge is 1.95. The second-order valence-electron chi connectivity index (χ2n) is 3.92. The SMILES string of the molecule is C.CC.CC(C)C.Cn1ncc2cccnc21. The summed E-state index contributed by atoms with van der Waals surface area (Å²) in [5.41, 5.74) is 0.933. The molecule has 2 heterocycles. The molecule has 0 fully saturated rings. The summed E-state index contributed by atoms with van der Waals surface area (Å²) in [6.07, 6.45) is 3.58. The van der Waals surface area contributed by atoms with Gasteiger partial charge in [0.1, 0.15) is 0 Å². The van der Waals surface area contributed by atoms with Crippen molar-refractivity contribution in [3.63, 3.8) is 0 Å². The van der Waals surface area contributed by atoms with Crippen LogP contribution in [-0.2, 0) is 7.05 Å². The summed E-state index contributed by atoms with van der Waals surface area (Å²) >= 11 is 0. The van der Waals surface area contributed by atoms with E-state index in [1.165, 1.54) is 0 Å². The maximum atomic E-state index is 4.14. The predicted molar refractivity (Wildman–Crippen MR) is 77.1 cm³/mol. The van der Waals surface area contributed by atoms with Gasteiger partial charge in [-0.05, 0) is 18.1 Å². The van der Waals surface area contributed by atoms with Crippen LogP contribution in [0.1, 0.15) is 42.0 Å². The first-order valence-electron chi connectivity index (χ1n) is 5.84. The molecular weight excluding hydrogens is 210 g/mol. The van der Waals surface area contributed by atoms with Crippen molar-refractivity contribution in [3.8, 4) is 0 Å². The molecule has 0 N–H and O–H groups in total. The molecule has 0 amide bonds. The van der Waals surface area contributed by atoms with Gasteiger partial charge in [-0.2, -0.15) is 5.10 Å². The molecule has 3 heteroatoms. The first-order valence-corrected chi connectivity index (χ1v) is 5.84. The molecule has 0 aliphatic heterocycles. The van der Waals surface area contributed by atoms with Crippen LogP contribution in [0.4, 0.5) is 0 Å². The Hall–Kier alpha value is -1.38. The number of hydrogen-bond acceptors (Lipinski definition) is 2. The van der Waals surface area contributed by atoms with E-state index < -0.39 is 0 Å². The van der Waals surface area contributed by atoms with E-state index in [0.717, 1.165) is 17.0 Å². The second-order valence-corrected chi connectivity index (χ2v) is 3.92. The monoisotopic (exact) mass is 237 g/mol. The summed E-state index contributed by atoms with van der Waals surface area (Å²) in [6, 6.07) is 3.90. The number of aryl methyl sites for hydroxylation is 1. The second kappa shape index (κ2) is 9.82. The molecule has 0 unspecified atom stereocenters. The molecule has 3 nitrogen and oxygen atoms in total. The lowest BCUT2D eigenvalue weighted by Gasteiger charge is -1.88. The first-order chi connectivity index (χ1) is 7.61. The van der Waals surface area contributed by atoms with Gasteiger partial charge in [0.2, 0.25) is 0 Å². The number of nitrogens with zero attached hydrogens (tertiary/aromatic N) is 3. The lowest BCUT2D eigenvalue weighted by molar-refractivity contribution is 0.737. The highest BCUT2D eigenvalue weighted by molar-refractivity contribution is 5.73. The van der Waals surface area contributed by atoms with Crippen molar-refractivity contribution in [1.82, 2.24) is 14.8 Å². The summed E-state index contributed by atoms with van der Waals surface area (Å²) < 4.78 is 1.76. The normalized spacial score (nSPS) is 8.65. The molecule has 2 aromatic heterocycles. The minimum absolute atomic E-state index is 0. The highest BCUT2D eigenvalue weighted by atomic mass is 15.3. The predicted octanol–water partition coefficient (Wildman–Crippen LogP) is 4.29. The van der Waals surface area contributed by atoms with E-state index in [1.807, 2.05) is 39.2 Å². The molecular formula is C14H27N3. The van der Waals surface area contributed by atoms with Gasteiger partial charge in [-0.1, -0.05) is 42.0 Å². The van der Waals surface area contributed by atoms with Crippen LogP contribution in [0.15, 0.2) is 24.5 Å². The van der Waals surface area contributed by atoms with Crippen LogP contribution in [0, 0.1) is 5.92 Å². The van der Waals surface area contributed by atoms with Gasteiger partial charge in [0.25, 0.3) is 0 Å². The third kappa shape index (κ3) is 6.72. The molecule has 0 spiro atoms. The summed E-state index contributed by atoms with van der Waals surface area (Å²) in [7, 11) is 1.88. The van der Waals surface area contributed by atoms with Crippen molar-refractivity contribution >= 4 is 11.0 Å². The molecule has 0 aromatic carbocycles. The molecule has 0 aliphatic rings. The molecule has 2 aromatic rings. The Labute approximate surface area is 106 Å². The van der Waals surface area contributed by atoms with Gasteiger partial charge in [0, 0.05) is 18.6 Å². The van der Waals surface area contributed by atoms with E-state index in [4.69, 9.17) is 0 Å². The van der Waals surface area contributed by atoms with Gasteiger partial charge < -0.3 is 0 Å². The average molecular weight is 237 g/mol. The van der Waals surface area contributed by atoms with Crippen molar-refractivity contribution in [3.05, 3.63) is 24.5 Å². The molecule has 0 bridgehead atoms. The number of hydrogen-bond donors (Lipinski definition) is 0. The van der Waals surface area contributed by atoms with Crippen molar-refractivity contribution in [2.45, 2.75) is 42.0 Å². The lowest BCUT2D eigenvalue weighted by Crippen LogP contribution is -1.89. The average Bonchev–Trinajstić information content (AvgIpc) is 2.64. The molecule has 98 valence electrons. The third-order valence-corrected chi connectivity index (χ3v) is 1.49. The third-order valence-electron chi connectivity index (χ3n) is 1.49. The zero-order chi connectivity index (χ0) is 12.6. The standard InChI is InChI=1S/C7H7N3.C4H10.C2H6.CH4/c1-10-7-6(5-9-10)3-2-4-8-7;1-4(2)3;1-2;/h2-5H,1H3;4H,1-3H3;1-2H3;1H4. The van der Waals surface area contributed by atoms with Gasteiger partial charge in [0.05, 0.1) is 6.20 Å². The van der Waals surface area contributed by atoms with Crippen LogP contribution in [0.5, 0.6) is 0 Å². The van der Waals surface area contributed by atoms with Gasteiger partial charge in [0.15, 0.2) is 5.65 Å². The van der Waals surface area contributed by atoms with Gasteiger partial charge in [-0.15, -0.1) is 0 Å². The van der Waals surface area contributed by atoms with Gasteiger partial charge in [-0.25, -0.2) is 4.98 Å². The zero-order valence-electron chi connectivity index (χ0n) is 11.2. The molecule has 2 rings (SSSR count). The molecule has 17 heavy (non-hydrogen) atoms. The molecule has 0 saturated heterocycles. The van der Waals surface area contributed by atoms with Crippen molar-refractivity contribution < 1.29 is 0 Å². The molecule has 0 atom stereocenters. The number of aromatic nitrogens is 3. The van der Waals surface area contributed by atoms with E-state index in [2.05, 4.69) is 30.9 Å². The fraction of sp³-hybridized carbons (Fsp3) is 0.571. The van der Waals surface area contributed by atoms with Crippen molar-refractivity contribution in [2.24, 2.45) is 13.0 Å². The van der Waals surface area contributed by atoms with E-state index in [-0.39, 0.29) is 7.43 Å². The van der Waals surface area contributed by atoms with E-state index in [1.54, 1.807) is 10.9 Å². The van der Waals surface area contributed by atoms with Crippen LogP contribution in [0.2, 0.25) is 0 Å². The Morgan fingerprint density at radius 1 is 1.18 bits per heavy atom. The van der Waals surface area contributed by atoms with Crippen molar-refractivity contribution in [1.29, 1.82) is 0 Å². The smallest absolute Gasteiger partial charge is 0.157 e. The summed E-state index contributed by atoms with van der Waals surface area (Å²) in [5.74, 6) is 0.833. The topological polar surface area (TPSA) is 30.7 Å². The molecule has 0 radical (unpaired) electrons. The Bertz CT molecular complexity index is 388. The number of pyridine rings is 1. The lowest BCUT2D eigenvalue weighted by atomic mass is 10.3. The summed E-state index contributed by atoms with van der Waals surface area (Å²) in [6.45, 7) is 10.5. The number of rotatable bonds is 0. The molecule has 0 saturated carbocycles. The Morgan fingerprint density at radius 2 is 1.71 bits per heavy atom. The van der Waals surface area contributed by atoms with E-state index >= 15 is 0 Å². The maximum Gasteiger partial charge on any atom is 0.157 e. The van der Waals surface area contributed by atoms with Gasteiger partial charge in [-0.3, -0.25) is 4.68 Å². The quantitative estimate of drug-likeness (QED) is 0.684. The van der Waals surface area contributed by atoms with Gasteiger partial charge >= 0.3 is 0 Å². The number of fused-ring (bicyclic) bond motifs is 1. The Kier molecular flexibility index (Phi) is 10.4. The largest absolute Gasteiger partial charge is 0.250 e. The minimum atomic E-state index is 0. The highest BCUT2D eigenvalue weighted by Crippen LogP contribution is 2.06. The van der Waals surface area contributed by atoms with Crippen molar-refractivity contribution in [2.75, 3.05) is 0 Å². The van der Waals surface area contributed by atoms with Crippen LogP contribution in [-0.4, -0.2) is 14.8 Å². The molecule has 0 aliphatic carbocycles. The fourth-order valence-electron chi connectivity index (χ4n) is 0.984. The van der Waals surface area contributed by atoms with Crippen LogP contribution >= 0.6 is 0 Å². The van der Waals surface area contributed by atoms with Crippen LogP contribution < -0.4 is 0 Å². The summed E-state index contributed by atoms with van der Waals surface area (Å²) in [4.78, 5) is 4.14.